The van der Waals surface area contributed by atoms with Crippen LogP contribution in [0.4, 0.5) is 0 Å². The van der Waals surface area contributed by atoms with Crippen LogP contribution in [0.5, 0.6) is 5.75 Å². The Labute approximate surface area is 195 Å². The maximum atomic E-state index is 12.7. The molecule has 0 aromatic heterocycles. The summed E-state index contributed by atoms with van der Waals surface area (Å²) in [7, 11) is 0.0954. The molecule has 31 heavy (non-hydrogen) atoms. The van der Waals surface area contributed by atoms with E-state index in [0.29, 0.717) is 24.1 Å². The fraction of sp³-hybridized carbons (Fsp3) is 0.696. The second kappa shape index (κ2) is 11.6. The summed E-state index contributed by atoms with van der Waals surface area (Å²) in [4.78, 5) is 12.7. The molecule has 1 fully saturated rings. The minimum absolute atomic E-state index is 0.0954. The Balaban J connectivity index is 1.82. The standard InChI is InChI=1S/C23H41ClN2O3P2/c1-30(2)17-25-13-7-8-18-11-12-20(24)16-21(18)28-15-14-26-22(19-9-10-19)23(27)29-31(3,4,5)6/h11-12,16,19,22,25-26H,7-10,13-15,17H2,1-6H3/t22-/m0/s1. The monoisotopic (exact) mass is 490 g/mol. The van der Waals surface area contributed by atoms with E-state index in [9.17, 15) is 4.79 Å². The van der Waals surface area contributed by atoms with Crippen molar-refractivity contribution in [3.63, 3.8) is 0 Å². The van der Waals surface area contributed by atoms with Gasteiger partial charge in [-0.15, -0.1) is 0 Å². The van der Waals surface area contributed by atoms with Crippen molar-refractivity contribution in [2.45, 2.75) is 31.7 Å². The average molecular weight is 491 g/mol. The van der Waals surface area contributed by atoms with E-state index in [4.69, 9.17) is 20.9 Å². The Morgan fingerprint density at radius 2 is 1.94 bits per heavy atom. The topological polar surface area (TPSA) is 59.6 Å². The zero-order valence-electron chi connectivity index (χ0n) is 20.0. The Hall–Kier alpha value is -0.440. The second-order valence-corrected chi connectivity index (χ2v) is 20.5. The summed E-state index contributed by atoms with van der Waals surface area (Å²) in [5, 5.41) is 7.56. The summed E-state index contributed by atoms with van der Waals surface area (Å²) in [5.74, 6) is 1.10. The summed E-state index contributed by atoms with van der Waals surface area (Å²) >= 11 is 6.20. The molecule has 178 valence electrons. The molecule has 1 aliphatic carbocycles. The molecule has 0 aliphatic heterocycles. The number of rotatable bonds is 14. The van der Waals surface area contributed by atoms with Crippen LogP contribution in [0.3, 0.4) is 0 Å². The SMILES string of the molecule is CP(C)CNCCCc1ccc(Cl)cc1OCCN[C@H](C(=O)OP(C)(C)(C)C)C1CC1. The molecule has 0 heterocycles. The van der Waals surface area contributed by atoms with Gasteiger partial charge in [-0.05, 0) is 13.3 Å². The molecule has 0 radical (unpaired) electrons. The van der Waals surface area contributed by atoms with E-state index in [1.165, 1.54) is 5.56 Å². The van der Waals surface area contributed by atoms with E-state index in [2.05, 4.69) is 56.7 Å². The van der Waals surface area contributed by atoms with E-state index in [1.54, 1.807) is 0 Å². The van der Waals surface area contributed by atoms with Crippen molar-refractivity contribution in [1.29, 1.82) is 0 Å². The van der Waals surface area contributed by atoms with Crippen LogP contribution in [0, 0.1) is 5.92 Å². The number of hydrogen-bond donors (Lipinski definition) is 2. The molecule has 0 spiro atoms. The molecule has 0 amide bonds. The first-order valence-corrected chi connectivity index (χ1v) is 17.9. The third-order valence-corrected chi connectivity index (χ3v) is 6.78. The molecule has 1 aromatic carbocycles. The minimum atomic E-state index is -2.35. The van der Waals surface area contributed by atoms with Crippen LogP contribution in [-0.4, -0.2) is 78.0 Å². The van der Waals surface area contributed by atoms with E-state index in [1.807, 2.05) is 12.1 Å². The van der Waals surface area contributed by atoms with Crippen LogP contribution in [0.1, 0.15) is 24.8 Å². The van der Waals surface area contributed by atoms with Crippen LogP contribution in [0.15, 0.2) is 18.2 Å². The van der Waals surface area contributed by atoms with E-state index >= 15 is 0 Å². The molecule has 1 saturated carbocycles. The van der Waals surface area contributed by atoms with E-state index < -0.39 is 6.83 Å². The van der Waals surface area contributed by atoms with Gasteiger partial charge in [-0.3, -0.25) is 0 Å². The van der Waals surface area contributed by atoms with Crippen molar-refractivity contribution < 1.29 is 14.1 Å². The molecule has 2 rings (SSSR count). The van der Waals surface area contributed by atoms with Gasteiger partial charge in [0.2, 0.25) is 0 Å². The van der Waals surface area contributed by atoms with Gasteiger partial charge in [0.25, 0.3) is 0 Å². The zero-order chi connectivity index (χ0) is 23.1. The Morgan fingerprint density at radius 3 is 2.55 bits per heavy atom. The third kappa shape index (κ3) is 11.3. The summed E-state index contributed by atoms with van der Waals surface area (Å²) in [6.45, 7) is 12.5. The first-order valence-electron chi connectivity index (χ1n) is 11.2. The van der Waals surface area contributed by atoms with Gasteiger partial charge >= 0.3 is 162 Å². The number of carbonyl (C=O) groups is 1. The average Bonchev–Trinajstić information content (AvgIpc) is 3.45. The van der Waals surface area contributed by atoms with Gasteiger partial charge in [0.05, 0.1) is 0 Å². The number of carbonyl (C=O) groups excluding carboxylic acids is 1. The van der Waals surface area contributed by atoms with Gasteiger partial charge in [-0.1, -0.05) is 7.92 Å². The molecule has 5 nitrogen and oxygen atoms in total. The van der Waals surface area contributed by atoms with Crippen LogP contribution in [0.2, 0.25) is 5.02 Å². The van der Waals surface area contributed by atoms with Crippen molar-refractivity contribution in [2.75, 3.05) is 66.0 Å². The first-order chi connectivity index (χ1) is 14.4. The van der Waals surface area contributed by atoms with Crippen LogP contribution < -0.4 is 15.4 Å². The zero-order valence-corrected chi connectivity index (χ0v) is 22.6. The van der Waals surface area contributed by atoms with Crippen LogP contribution in [0.25, 0.3) is 0 Å². The summed E-state index contributed by atoms with van der Waals surface area (Å²) in [6, 6.07) is 5.62. The molecule has 0 unspecified atom stereocenters. The number of halogens is 1. The third-order valence-electron chi connectivity index (χ3n) is 4.78. The Morgan fingerprint density at radius 1 is 1.23 bits per heavy atom. The molecule has 1 atom stereocenters. The van der Waals surface area contributed by atoms with Crippen LogP contribution in [-0.2, 0) is 15.7 Å². The molecule has 0 bridgehead atoms. The Kier molecular flexibility index (Phi) is 10.0. The summed E-state index contributed by atoms with van der Waals surface area (Å²) in [5.41, 5.74) is 1.17. The number of ether oxygens (including phenoxy) is 1. The quantitative estimate of drug-likeness (QED) is 0.289. The van der Waals surface area contributed by atoms with Gasteiger partial charge in [0.1, 0.15) is 0 Å². The van der Waals surface area contributed by atoms with Gasteiger partial charge in [-0.25, -0.2) is 0 Å². The van der Waals surface area contributed by atoms with Gasteiger partial charge < -0.3 is 5.32 Å². The van der Waals surface area contributed by atoms with E-state index in [0.717, 1.165) is 44.3 Å². The molecular formula is C23H41ClN2O3P2. The van der Waals surface area contributed by atoms with Crippen molar-refractivity contribution >= 4 is 32.3 Å². The normalized spacial score (nSPS) is 16.6. The van der Waals surface area contributed by atoms with Gasteiger partial charge in [0, 0.05) is 6.29 Å². The van der Waals surface area contributed by atoms with Crippen molar-refractivity contribution in [1.82, 2.24) is 10.6 Å². The van der Waals surface area contributed by atoms with Gasteiger partial charge in [-0.2, -0.15) is 0 Å². The molecule has 2 N–H and O–H groups in total. The maximum absolute atomic E-state index is 12.7. The number of benzene rings is 1. The fourth-order valence-electron chi connectivity index (χ4n) is 3.24. The van der Waals surface area contributed by atoms with Crippen LogP contribution >= 0.6 is 26.4 Å². The fourth-order valence-corrected chi connectivity index (χ4v) is 4.84. The molecule has 1 aliphatic rings. The molecule has 8 heteroatoms. The molecule has 1 aromatic rings. The van der Waals surface area contributed by atoms with Gasteiger partial charge in [0.15, 0.2) is 0 Å². The van der Waals surface area contributed by atoms with Crippen molar-refractivity contribution in [3.8, 4) is 5.75 Å². The Bertz CT molecular complexity index is 724. The number of nitrogens with one attached hydrogen (secondary N) is 2. The predicted octanol–water partition coefficient (Wildman–Crippen LogP) is 4.84. The second-order valence-electron chi connectivity index (χ2n) is 10.5. The predicted molar refractivity (Wildman–Crippen MR) is 138 cm³/mol. The summed E-state index contributed by atoms with van der Waals surface area (Å²) < 4.78 is 11.9. The molecule has 0 saturated heterocycles. The first kappa shape index (κ1) is 26.8. The van der Waals surface area contributed by atoms with E-state index in [-0.39, 0.29) is 19.9 Å². The van der Waals surface area contributed by atoms with Crippen molar-refractivity contribution in [3.05, 3.63) is 28.8 Å². The summed E-state index contributed by atoms with van der Waals surface area (Å²) in [6.07, 6.45) is 5.26. The molecular weight excluding hydrogens is 450 g/mol. The number of aryl methyl sites for hydroxylation is 1. The number of hydrogen-bond acceptors (Lipinski definition) is 5. The van der Waals surface area contributed by atoms with Crippen molar-refractivity contribution in [2.24, 2.45) is 5.92 Å².